The molecule has 350 valence electrons. The molecule has 0 saturated heterocycles. The van der Waals surface area contributed by atoms with Crippen LogP contribution in [0.25, 0.3) is 0 Å². The van der Waals surface area contributed by atoms with Gasteiger partial charge in [0.15, 0.2) is 0 Å². The predicted octanol–water partition coefficient (Wildman–Crippen LogP) is 15.7. The molecule has 0 aliphatic carbocycles. The molecule has 0 bridgehead atoms. The van der Waals surface area contributed by atoms with Gasteiger partial charge in [-0.15, -0.1) is 0 Å². The molecule has 6 nitrogen and oxygen atoms in total. The first-order valence-electron chi connectivity index (χ1n) is 26.5. The molecule has 0 fully saturated rings. The van der Waals surface area contributed by atoms with Gasteiger partial charge in [0, 0.05) is 12.8 Å². The summed E-state index contributed by atoms with van der Waals surface area (Å²) >= 11 is 0. The van der Waals surface area contributed by atoms with Crippen molar-refractivity contribution in [1.82, 2.24) is 5.32 Å². The van der Waals surface area contributed by atoms with Crippen molar-refractivity contribution in [2.45, 2.75) is 302 Å². The second kappa shape index (κ2) is 49.3. The highest BCUT2D eigenvalue weighted by molar-refractivity contribution is 5.76. The van der Waals surface area contributed by atoms with E-state index in [0.717, 1.165) is 44.9 Å². The van der Waals surface area contributed by atoms with Crippen molar-refractivity contribution in [3.8, 4) is 0 Å². The number of amides is 1. The topological polar surface area (TPSA) is 95.9 Å². The van der Waals surface area contributed by atoms with E-state index in [4.69, 9.17) is 4.74 Å². The summed E-state index contributed by atoms with van der Waals surface area (Å²) in [6, 6.07) is -0.631. The van der Waals surface area contributed by atoms with Gasteiger partial charge in [0.1, 0.15) is 0 Å². The molecule has 0 aromatic heterocycles. The lowest BCUT2D eigenvalue weighted by Gasteiger charge is -2.20. The largest absolute Gasteiger partial charge is 0.466 e. The van der Waals surface area contributed by atoms with Gasteiger partial charge in [-0.3, -0.25) is 9.59 Å². The van der Waals surface area contributed by atoms with Gasteiger partial charge < -0.3 is 20.3 Å². The number of carbonyl (C=O) groups excluding carboxylic acids is 2. The van der Waals surface area contributed by atoms with Crippen LogP contribution in [0.4, 0.5) is 0 Å². The zero-order valence-electron chi connectivity index (χ0n) is 39.7. The molecule has 2 atom stereocenters. The van der Waals surface area contributed by atoms with Crippen molar-refractivity contribution in [2.24, 2.45) is 0 Å². The molecule has 0 rings (SSSR count). The summed E-state index contributed by atoms with van der Waals surface area (Å²) in [5, 5.41) is 23.0. The van der Waals surface area contributed by atoms with Crippen molar-refractivity contribution in [3.05, 3.63) is 12.2 Å². The molecule has 0 aromatic rings. The normalized spacial score (nSPS) is 12.7. The van der Waals surface area contributed by atoms with Crippen LogP contribution in [-0.4, -0.2) is 47.4 Å². The van der Waals surface area contributed by atoms with Crippen LogP contribution in [0.2, 0.25) is 0 Å². The summed E-state index contributed by atoms with van der Waals surface area (Å²) in [6.45, 7) is 4.89. The summed E-state index contributed by atoms with van der Waals surface area (Å²) in [5.41, 5.74) is 0. The van der Waals surface area contributed by atoms with E-state index >= 15 is 0 Å². The van der Waals surface area contributed by atoms with E-state index < -0.39 is 12.1 Å². The molecular formula is C53H103NO5. The fourth-order valence-corrected chi connectivity index (χ4v) is 8.22. The lowest BCUT2D eigenvalue weighted by atomic mass is 10.0. The number of esters is 1. The summed E-state index contributed by atoms with van der Waals surface area (Å²) in [7, 11) is 0. The zero-order valence-corrected chi connectivity index (χ0v) is 39.7. The Labute approximate surface area is 368 Å². The van der Waals surface area contributed by atoms with Crippen LogP contribution in [0, 0.1) is 0 Å². The number of allylic oxidation sites excluding steroid dienone is 1. The first-order chi connectivity index (χ1) is 29.0. The maximum atomic E-state index is 12.4. The fourth-order valence-electron chi connectivity index (χ4n) is 8.22. The lowest BCUT2D eigenvalue weighted by molar-refractivity contribution is -0.143. The molecule has 0 heterocycles. The molecule has 59 heavy (non-hydrogen) atoms. The number of ether oxygens (including phenoxy) is 1. The Balaban J connectivity index is 3.44. The van der Waals surface area contributed by atoms with Gasteiger partial charge in [-0.2, -0.15) is 0 Å². The van der Waals surface area contributed by atoms with Crippen LogP contribution >= 0.6 is 0 Å². The Morgan fingerprint density at radius 2 is 0.780 bits per heavy atom. The minimum Gasteiger partial charge on any atom is -0.466 e. The van der Waals surface area contributed by atoms with E-state index in [1.165, 1.54) is 218 Å². The standard InChI is InChI=1S/C53H103NO5/c1-3-5-7-9-11-13-15-21-25-29-33-37-41-45-51(56)50(49-55)54-52(57)46-42-38-34-30-26-23-19-17-18-20-24-28-32-36-40-44-48-59-53(58)47-43-39-35-31-27-22-16-14-12-10-8-6-4-2/h41,45,50-51,55-56H,3-40,42-44,46-49H2,1-2H3,(H,54,57)/b45-41+. The first kappa shape index (κ1) is 57.6. The van der Waals surface area contributed by atoms with Gasteiger partial charge in [-0.25, -0.2) is 0 Å². The summed E-state index contributed by atoms with van der Waals surface area (Å²) in [4.78, 5) is 24.4. The van der Waals surface area contributed by atoms with Gasteiger partial charge in [-0.05, 0) is 32.1 Å². The third kappa shape index (κ3) is 45.9. The number of hydrogen-bond acceptors (Lipinski definition) is 5. The highest BCUT2D eigenvalue weighted by Crippen LogP contribution is 2.16. The van der Waals surface area contributed by atoms with E-state index in [0.29, 0.717) is 19.4 Å². The number of aliphatic hydroxyl groups excluding tert-OH is 2. The van der Waals surface area contributed by atoms with Crippen LogP contribution in [0.1, 0.15) is 290 Å². The van der Waals surface area contributed by atoms with E-state index in [9.17, 15) is 19.8 Å². The van der Waals surface area contributed by atoms with Crippen molar-refractivity contribution in [3.63, 3.8) is 0 Å². The summed E-state index contributed by atoms with van der Waals surface area (Å²) < 4.78 is 5.46. The minimum absolute atomic E-state index is 0.00374. The molecule has 0 saturated carbocycles. The van der Waals surface area contributed by atoms with E-state index in [2.05, 4.69) is 19.2 Å². The lowest BCUT2D eigenvalue weighted by Crippen LogP contribution is -2.45. The van der Waals surface area contributed by atoms with Crippen LogP contribution in [0.5, 0.6) is 0 Å². The average Bonchev–Trinajstić information content (AvgIpc) is 3.24. The average molecular weight is 834 g/mol. The van der Waals surface area contributed by atoms with Gasteiger partial charge in [-0.1, -0.05) is 257 Å². The zero-order chi connectivity index (χ0) is 43.0. The van der Waals surface area contributed by atoms with Gasteiger partial charge in [0.05, 0.1) is 25.4 Å². The third-order valence-corrected chi connectivity index (χ3v) is 12.3. The van der Waals surface area contributed by atoms with Crippen molar-refractivity contribution in [1.29, 1.82) is 0 Å². The molecular weight excluding hydrogens is 731 g/mol. The Morgan fingerprint density at radius 1 is 0.458 bits per heavy atom. The van der Waals surface area contributed by atoms with Crippen LogP contribution < -0.4 is 5.32 Å². The Morgan fingerprint density at radius 3 is 1.15 bits per heavy atom. The SMILES string of the molecule is CCCCCCCCCCCCC/C=C/C(O)C(CO)NC(=O)CCCCCCCCCCCCCCCCCCOC(=O)CCCCCCCCCCCCCCC. The Kier molecular flexibility index (Phi) is 48.1. The number of unbranched alkanes of at least 4 members (excludes halogenated alkanes) is 38. The molecule has 1 amide bonds. The molecule has 3 N–H and O–H groups in total. The molecule has 2 unspecified atom stereocenters. The smallest absolute Gasteiger partial charge is 0.305 e. The highest BCUT2D eigenvalue weighted by atomic mass is 16.5. The van der Waals surface area contributed by atoms with Crippen LogP contribution in [0.15, 0.2) is 12.2 Å². The second-order valence-corrected chi connectivity index (χ2v) is 18.2. The predicted molar refractivity (Wildman–Crippen MR) is 255 cm³/mol. The monoisotopic (exact) mass is 834 g/mol. The number of aliphatic hydroxyl groups is 2. The molecule has 0 aliphatic heterocycles. The third-order valence-electron chi connectivity index (χ3n) is 12.3. The van der Waals surface area contributed by atoms with Crippen LogP contribution in [0.3, 0.4) is 0 Å². The van der Waals surface area contributed by atoms with E-state index in [1.54, 1.807) is 6.08 Å². The molecule has 0 aromatic carbocycles. The quantitative estimate of drug-likeness (QED) is 0.0322. The molecule has 0 radical (unpaired) electrons. The van der Waals surface area contributed by atoms with Gasteiger partial charge >= 0.3 is 5.97 Å². The molecule has 0 spiro atoms. The number of carbonyl (C=O) groups is 2. The maximum absolute atomic E-state index is 12.4. The van der Waals surface area contributed by atoms with Crippen LogP contribution in [-0.2, 0) is 14.3 Å². The summed E-state index contributed by atoms with van der Waals surface area (Å²) in [5.74, 6) is -0.0704. The minimum atomic E-state index is -0.847. The molecule has 6 heteroatoms. The van der Waals surface area contributed by atoms with E-state index in [1.807, 2.05) is 6.08 Å². The van der Waals surface area contributed by atoms with Crippen molar-refractivity contribution < 1.29 is 24.5 Å². The first-order valence-corrected chi connectivity index (χ1v) is 26.5. The maximum Gasteiger partial charge on any atom is 0.305 e. The van der Waals surface area contributed by atoms with Gasteiger partial charge in [0.25, 0.3) is 0 Å². The van der Waals surface area contributed by atoms with Crippen molar-refractivity contribution in [2.75, 3.05) is 13.2 Å². The Hall–Kier alpha value is -1.40. The number of rotatable bonds is 49. The number of nitrogens with one attached hydrogen (secondary N) is 1. The van der Waals surface area contributed by atoms with E-state index in [-0.39, 0.29) is 18.5 Å². The second-order valence-electron chi connectivity index (χ2n) is 18.2. The highest BCUT2D eigenvalue weighted by Gasteiger charge is 2.18. The number of hydrogen-bond donors (Lipinski definition) is 3. The van der Waals surface area contributed by atoms with Crippen molar-refractivity contribution >= 4 is 11.9 Å². The molecule has 0 aliphatic rings. The fraction of sp³-hybridized carbons (Fsp3) is 0.925. The Bertz CT molecular complexity index is 878. The van der Waals surface area contributed by atoms with Gasteiger partial charge in [0.2, 0.25) is 5.91 Å². The summed E-state index contributed by atoms with van der Waals surface area (Å²) in [6.07, 6.45) is 56.4.